The van der Waals surface area contributed by atoms with Crippen LogP contribution in [0.15, 0.2) is 36.4 Å². The standard InChI is InChI=1S/C19H25NO/c1-13-6-7-16(10-14(13)2)12-19(20-4)18-9-8-17(21-5)11-15(18)3/h6-11,19-20H,12H2,1-5H3. The van der Waals surface area contributed by atoms with E-state index >= 15 is 0 Å². The molecule has 2 aromatic rings. The van der Waals surface area contributed by atoms with Crippen molar-refractivity contribution in [3.63, 3.8) is 0 Å². The zero-order valence-electron chi connectivity index (χ0n) is 13.7. The van der Waals surface area contributed by atoms with E-state index < -0.39 is 0 Å². The molecule has 0 aliphatic carbocycles. The lowest BCUT2D eigenvalue weighted by molar-refractivity contribution is 0.414. The summed E-state index contributed by atoms with van der Waals surface area (Å²) in [5, 5.41) is 3.44. The van der Waals surface area contributed by atoms with Crippen LogP contribution in [-0.2, 0) is 6.42 Å². The summed E-state index contributed by atoms with van der Waals surface area (Å²) >= 11 is 0. The maximum absolute atomic E-state index is 5.29. The fourth-order valence-corrected chi connectivity index (χ4v) is 2.70. The number of benzene rings is 2. The van der Waals surface area contributed by atoms with Crippen LogP contribution in [0.5, 0.6) is 5.75 Å². The average Bonchev–Trinajstić information content (AvgIpc) is 2.48. The van der Waals surface area contributed by atoms with Crippen LogP contribution >= 0.6 is 0 Å². The Morgan fingerprint density at radius 2 is 1.71 bits per heavy atom. The molecular weight excluding hydrogens is 258 g/mol. The molecule has 1 unspecified atom stereocenters. The van der Waals surface area contributed by atoms with Crippen molar-refractivity contribution < 1.29 is 4.74 Å². The molecule has 2 rings (SSSR count). The van der Waals surface area contributed by atoms with E-state index in [4.69, 9.17) is 4.74 Å². The van der Waals surface area contributed by atoms with Crippen LogP contribution in [0.25, 0.3) is 0 Å². The van der Waals surface area contributed by atoms with Gasteiger partial charge in [-0.05, 0) is 74.2 Å². The first kappa shape index (κ1) is 15.6. The molecule has 2 heteroatoms. The second-order valence-electron chi connectivity index (χ2n) is 5.69. The highest BCUT2D eigenvalue weighted by molar-refractivity contribution is 5.38. The summed E-state index contributed by atoms with van der Waals surface area (Å²) in [6.45, 7) is 6.47. The fraction of sp³-hybridized carbons (Fsp3) is 0.368. The summed E-state index contributed by atoms with van der Waals surface area (Å²) < 4.78 is 5.29. The van der Waals surface area contributed by atoms with Crippen LogP contribution < -0.4 is 10.1 Å². The molecule has 0 spiro atoms. The lowest BCUT2D eigenvalue weighted by Gasteiger charge is -2.20. The van der Waals surface area contributed by atoms with E-state index in [2.05, 4.69) is 56.4 Å². The predicted octanol–water partition coefficient (Wildman–Crippen LogP) is 4.12. The Balaban J connectivity index is 2.25. The monoisotopic (exact) mass is 283 g/mol. The van der Waals surface area contributed by atoms with E-state index in [-0.39, 0.29) is 0 Å². The fourth-order valence-electron chi connectivity index (χ4n) is 2.70. The third-order valence-corrected chi connectivity index (χ3v) is 4.21. The first-order valence-electron chi connectivity index (χ1n) is 7.43. The lowest BCUT2D eigenvalue weighted by atomic mass is 9.94. The van der Waals surface area contributed by atoms with Crippen molar-refractivity contribution in [1.29, 1.82) is 0 Å². The molecule has 0 amide bonds. The molecule has 0 saturated carbocycles. The number of methoxy groups -OCH3 is 1. The number of ether oxygens (including phenoxy) is 1. The van der Waals surface area contributed by atoms with Crippen molar-refractivity contribution in [3.05, 3.63) is 64.2 Å². The smallest absolute Gasteiger partial charge is 0.119 e. The average molecular weight is 283 g/mol. The maximum Gasteiger partial charge on any atom is 0.119 e. The summed E-state index contributed by atoms with van der Waals surface area (Å²) in [5.41, 5.74) is 6.66. The zero-order valence-corrected chi connectivity index (χ0v) is 13.7. The van der Waals surface area contributed by atoms with Gasteiger partial charge in [0.1, 0.15) is 5.75 Å². The number of likely N-dealkylation sites (N-methyl/N-ethyl adjacent to an activating group) is 1. The minimum Gasteiger partial charge on any atom is -0.497 e. The van der Waals surface area contributed by atoms with Gasteiger partial charge in [0.05, 0.1) is 7.11 Å². The summed E-state index contributed by atoms with van der Waals surface area (Å²) in [6.07, 6.45) is 0.991. The topological polar surface area (TPSA) is 21.3 Å². The summed E-state index contributed by atoms with van der Waals surface area (Å²) in [4.78, 5) is 0. The number of hydrogen-bond donors (Lipinski definition) is 1. The van der Waals surface area contributed by atoms with Gasteiger partial charge in [-0.2, -0.15) is 0 Å². The number of aryl methyl sites for hydroxylation is 3. The van der Waals surface area contributed by atoms with Crippen molar-refractivity contribution in [3.8, 4) is 5.75 Å². The minimum absolute atomic E-state index is 0.318. The summed E-state index contributed by atoms with van der Waals surface area (Å²) in [7, 11) is 3.73. The molecule has 0 heterocycles. The summed E-state index contributed by atoms with van der Waals surface area (Å²) in [5.74, 6) is 0.914. The Labute approximate surface area is 128 Å². The van der Waals surface area contributed by atoms with Gasteiger partial charge in [-0.1, -0.05) is 24.3 Å². The Bertz CT molecular complexity index is 619. The first-order valence-corrected chi connectivity index (χ1v) is 7.43. The molecule has 0 aromatic heterocycles. The number of nitrogens with one attached hydrogen (secondary N) is 1. The summed E-state index contributed by atoms with van der Waals surface area (Å²) in [6, 6.07) is 13.3. The van der Waals surface area contributed by atoms with Gasteiger partial charge in [-0.25, -0.2) is 0 Å². The predicted molar refractivity (Wildman–Crippen MR) is 89.2 cm³/mol. The van der Waals surface area contributed by atoms with Crippen molar-refractivity contribution in [2.24, 2.45) is 0 Å². The van der Waals surface area contributed by atoms with Crippen molar-refractivity contribution in [2.45, 2.75) is 33.2 Å². The largest absolute Gasteiger partial charge is 0.497 e. The van der Waals surface area contributed by atoms with Gasteiger partial charge < -0.3 is 10.1 Å². The Kier molecular flexibility index (Phi) is 5.03. The van der Waals surface area contributed by atoms with E-state index in [1.165, 1.54) is 27.8 Å². The van der Waals surface area contributed by atoms with Crippen LogP contribution in [-0.4, -0.2) is 14.2 Å². The second-order valence-corrected chi connectivity index (χ2v) is 5.69. The molecule has 2 aromatic carbocycles. The van der Waals surface area contributed by atoms with E-state index in [9.17, 15) is 0 Å². The van der Waals surface area contributed by atoms with Crippen molar-refractivity contribution in [1.82, 2.24) is 5.32 Å². The Morgan fingerprint density at radius 1 is 0.952 bits per heavy atom. The molecule has 0 saturated heterocycles. The second kappa shape index (κ2) is 6.77. The van der Waals surface area contributed by atoms with Crippen LogP contribution in [0.3, 0.4) is 0 Å². The first-order chi connectivity index (χ1) is 10.0. The van der Waals surface area contributed by atoms with Gasteiger partial charge in [0.2, 0.25) is 0 Å². The molecule has 0 aliphatic rings. The molecule has 0 bridgehead atoms. The van der Waals surface area contributed by atoms with E-state index in [1.54, 1.807) is 7.11 Å². The molecule has 0 radical (unpaired) electrons. The van der Waals surface area contributed by atoms with Gasteiger partial charge in [-0.3, -0.25) is 0 Å². The van der Waals surface area contributed by atoms with Crippen LogP contribution in [0.1, 0.15) is 33.9 Å². The van der Waals surface area contributed by atoms with E-state index in [1.807, 2.05) is 13.1 Å². The molecule has 2 nitrogen and oxygen atoms in total. The normalized spacial score (nSPS) is 12.2. The highest BCUT2D eigenvalue weighted by Crippen LogP contribution is 2.25. The third-order valence-electron chi connectivity index (χ3n) is 4.21. The van der Waals surface area contributed by atoms with Gasteiger partial charge >= 0.3 is 0 Å². The lowest BCUT2D eigenvalue weighted by Crippen LogP contribution is -2.20. The van der Waals surface area contributed by atoms with E-state index in [0.717, 1.165) is 12.2 Å². The van der Waals surface area contributed by atoms with Crippen LogP contribution in [0.2, 0.25) is 0 Å². The molecule has 1 N–H and O–H groups in total. The quantitative estimate of drug-likeness (QED) is 0.891. The Morgan fingerprint density at radius 3 is 2.29 bits per heavy atom. The number of hydrogen-bond acceptors (Lipinski definition) is 2. The minimum atomic E-state index is 0.318. The zero-order chi connectivity index (χ0) is 15.4. The molecule has 0 aliphatic heterocycles. The van der Waals surface area contributed by atoms with Gasteiger partial charge in [0.25, 0.3) is 0 Å². The van der Waals surface area contributed by atoms with E-state index in [0.29, 0.717) is 6.04 Å². The highest BCUT2D eigenvalue weighted by atomic mass is 16.5. The Hall–Kier alpha value is -1.80. The SMILES string of the molecule is CNC(Cc1ccc(C)c(C)c1)c1ccc(OC)cc1C. The third kappa shape index (κ3) is 3.64. The van der Waals surface area contributed by atoms with Gasteiger partial charge in [0, 0.05) is 6.04 Å². The molecule has 112 valence electrons. The van der Waals surface area contributed by atoms with Gasteiger partial charge in [0.15, 0.2) is 0 Å². The maximum atomic E-state index is 5.29. The van der Waals surface area contributed by atoms with Crippen LogP contribution in [0, 0.1) is 20.8 Å². The molecular formula is C19H25NO. The highest BCUT2D eigenvalue weighted by Gasteiger charge is 2.13. The van der Waals surface area contributed by atoms with Crippen LogP contribution in [0.4, 0.5) is 0 Å². The van der Waals surface area contributed by atoms with Crippen molar-refractivity contribution in [2.75, 3.05) is 14.2 Å². The van der Waals surface area contributed by atoms with Crippen molar-refractivity contribution >= 4 is 0 Å². The molecule has 0 fully saturated rings. The molecule has 21 heavy (non-hydrogen) atoms. The molecule has 1 atom stereocenters. The van der Waals surface area contributed by atoms with Gasteiger partial charge in [-0.15, -0.1) is 0 Å². The number of rotatable bonds is 5.